The Hall–Kier alpha value is -2.48. The van der Waals surface area contributed by atoms with Gasteiger partial charge in [0.1, 0.15) is 5.60 Å². The van der Waals surface area contributed by atoms with Crippen LogP contribution in [0.5, 0.6) is 0 Å². The van der Waals surface area contributed by atoms with Crippen LogP contribution in [-0.2, 0) is 5.60 Å². The van der Waals surface area contributed by atoms with Crippen molar-refractivity contribution < 1.29 is 18.3 Å². The Balaban J connectivity index is 2.19. The molecule has 4 nitrogen and oxygen atoms in total. The molecule has 0 aliphatic rings. The van der Waals surface area contributed by atoms with Crippen molar-refractivity contribution in [2.75, 3.05) is 6.54 Å². The van der Waals surface area contributed by atoms with E-state index in [4.69, 9.17) is 11.6 Å². The van der Waals surface area contributed by atoms with E-state index in [1.807, 2.05) is 0 Å². The van der Waals surface area contributed by atoms with Crippen molar-refractivity contribution in [3.63, 3.8) is 0 Å². The fourth-order valence-electron chi connectivity index (χ4n) is 3.09. The average Bonchev–Trinajstić information content (AvgIpc) is 2.68. The average molecular weight is 408 g/mol. The molecule has 0 bridgehead atoms. The number of rotatable bonds is 6. The van der Waals surface area contributed by atoms with E-state index < -0.39 is 24.4 Å². The first-order valence-corrected chi connectivity index (χ1v) is 8.77. The van der Waals surface area contributed by atoms with Crippen molar-refractivity contribution in [1.29, 1.82) is 0 Å². The lowest BCUT2D eigenvalue weighted by Crippen LogP contribution is -2.45. The second kappa shape index (κ2) is 8.26. The molecule has 2 heterocycles. The van der Waals surface area contributed by atoms with E-state index in [1.165, 1.54) is 30.9 Å². The van der Waals surface area contributed by atoms with Crippen LogP contribution in [0.25, 0.3) is 0 Å². The molecule has 1 unspecified atom stereocenters. The minimum atomic E-state index is -4.47. The summed E-state index contributed by atoms with van der Waals surface area (Å²) in [5.74, 6) is 0. The predicted octanol–water partition coefficient (Wildman–Crippen LogP) is 4.26. The fraction of sp³-hybridized carbons (Fsp3) is 0.200. The quantitative estimate of drug-likeness (QED) is 0.641. The third-order valence-electron chi connectivity index (χ3n) is 4.31. The van der Waals surface area contributed by atoms with E-state index in [9.17, 15) is 18.3 Å². The molecule has 3 rings (SSSR count). The SMILES string of the molecule is OC(c1cccnc1)(c1cccnc1)C(NCC(F)(F)F)c1cccc(Cl)c1. The molecule has 0 fully saturated rings. The number of benzene rings is 1. The lowest BCUT2D eigenvalue weighted by atomic mass is 9.78. The highest BCUT2D eigenvalue weighted by molar-refractivity contribution is 6.30. The van der Waals surface area contributed by atoms with E-state index in [0.717, 1.165) is 0 Å². The maximum Gasteiger partial charge on any atom is 0.401 e. The lowest BCUT2D eigenvalue weighted by molar-refractivity contribution is -0.129. The first-order valence-electron chi connectivity index (χ1n) is 8.39. The minimum Gasteiger partial charge on any atom is -0.378 e. The van der Waals surface area contributed by atoms with E-state index in [-0.39, 0.29) is 0 Å². The third kappa shape index (κ3) is 4.49. The van der Waals surface area contributed by atoms with Crippen LogP contribution >= 0.6 is 11.6 Å². The van der Waals surface area contributed by atoms with Crippen molar-refractivity contribution in [2.45, 2.75) is 17.8 Å². The molecule has 0 spiro atoms. The summed E-state index contributed by atoms with van der Waals surface area (Å²) >= 11 is 6.06. The maximum atomic E-state index is 13.0. The molecule has 28 heavy (non-hydrogen) atoms. The van der Waals surface area contributed by atoms with Gasteiger partial charge in [-0.15, -0.1) is 0 Å². The monoisotopic (exact) mass is 407 g/mol. The maximum absolute atomic E-state index is 13.0. The number of hydrogen-bond donors (Lipinski definition) is 2. The zero-order chi connectivity index (χ0) is 20.2. The van der Waals surface area contributed by atoms with Gasteiger partial charge in [-0.05, 0) is 29.8 Å². The Morgan fingerprint density at radius 1 is 0.964 bits per heavy atom. The second-order valence-electron chi connectivity index (χ2n) is 6.23. The summed E-state index contributed by atoms with van der Waals surface area (Å²) in [5, 5.41) is 14.6. The molecule has 1 aromatic carbocycles. The molecule has 0 saturated carbocycles. The molecule has 146 valence electrons. The van der Waals surface area contributed by atoms with Gasteiger partial charge in [-0.3, -0.25) is 15.3 Å². The van der Waals surface area contributed by atoms with Crippen LogP contribution in [0.1, 0.15) is 22.7 Å². The zero-order valence-corrected chi connectivity index (χ0v) is 15.3. The van der Waals surface area contributed by atoms with Gasteiger partial charge in [0, 0.05) is 40.9 Å². The summed E-state index contributed by atoms with van der Waals surface area (Å²) in [5.41, 5.74) is -0.837. The van der Waals surface area contributed by atoms with Gasteiger partial charge in [-0.1, -0.05) is 35.9 Å². The summed E-state index contributed by atoms with van der Waals surface area (Å²) in [6.45, 7) is -1.30. The summed E-state index contributed by atoms with van der Waals surface area (Å²) in [7, 11) is 0. The van der Waals surface area contributed by atoms with E-state index in [1.54, 1.807) is 42.5 Å². The molecule has 1 atom stereocenters. The van der Waals surface area contributed by atoms with Crippen LogP contribution in [0.2, 0.25) is 5.02 Å². The van der Waals surface area contributed by atoms with Crippen molar-refractivity contribution in [1.82, 2.24) is 15.3 Å². The molecule has 8 heteroatoms. The smallest absolute Gasteiger partial charge is 0.378 e. The van der Waals surface area contributed by atoms with Crippen molar-refractivity contribution in [3.8, 4) is 0 Å². The number of pyridine rings is 2. The number of hydrogen-bond acceptors (Lipinski definition) is 4. The highest BCUT2D eigenvalue weighted by atomic mass is 35.5. The first-order chi connectivity index (χ1) is 13.3. The standard InChI is InChI=1S/C20H17ClF3N3O/c21-17-7-1-4-14(10-17)18(27-13-19(22,23)24)20(28,15-5-2-8-25-11-15)16-6-3-9-26-12-16/h1-12,18,27-28H,13H2. The molecule has 0 radical (unpaired) electrons. The van der Waals surface area contributed by atoms with Gasteiger partial charge in [0.2, 0.25) is 0 Å². The number of aliphatic hydroxyl groups is 1. The molecular formula is C20H17ClF3N3O. The molecule has 2 N–H and O–H groups in total. The second-order valence-corrected chi connectivity index (χ2v) is 6.67. The molecule has 0 aliphatic carbocycles. The third-order valence-corrected chi connectivity index (χ3v) is 4.54. The Morgan fingerprint density at radius 2 is 1.57 bits per heavy atom. The van der Waals surface area contributed by atoms with E-state index in [2.05, 4.69) is 15.3 Å². The summed E-state index contributed by atoms with van der Waals surface area (Å²) < 4.78 is 39.0. The van der Waals surface area contributed by atoms with Crippen LogP contribution in [0, 0.1) is 0 Å². The highest BCUT2D eigenvalue weighted by Crippen LogP contribution is 2.41. The largest absolute Gasteiger partial charge is 0.401 e. The van der Waals surface area contributed by atoms with Crippen LogP contribution < -0.4 is 5.32 Å². The van der Waals surface area contributed by atoms with Crippen molar-refractivity contribution >= 4 is 11.6 Å². The fourth-order valence-corrected chi connectivity index (χ4v) is 3.29. The highest BCUT2D eigenvalue weighted by Gasteiger charge is 2.43. The Bertz CT molecular complexity index is 868. The van der Waals surface area contributed by atoms with Gasteiger partial charge in [0.05, 0.1) is 12.6 Å². The van der Waals surface area contributed by atoms with Gasteiger partial charge in [0.25, 0.3) is 0 Å². The Morgan fingerprint density at radius 3 is 2.04 bits per heavy atom. The van der Waals surface area contributed by atoms with Gasteiger partial charge in [-0.25, -0.2) is 0 Å². The molecule has 2 aromatic heterocycles. The van der Waals surface area contributed by atoms with Crippen LogP contribution in [0.15, 0.2) is 73.3 Å². The number of halogens is 4. The minimum absolute atomic E-state index is 0.322. The first kappa shape index (κ1) is 20.3. The van der Waals surface area contributed by atoms with Gasteiger partial charge < -0.3 is 5.11 Å². The summed E-state index contributed by atoms with van der Waals surface area (Å²) in [6, 6.07) is 11.6. The van der Waals surface area contributed by atoms with Gasteiger partial charge in [-0.2, -0.15) is 13.2 Å². The number of nitrogens with one attached hydrogen (secondary N) is 1. The molecular weight excluding hydrogens is 391 g/mol. The van der Waals surface area contributed by atoms with Crippen LogP contribution in [0.4, 0.5) is 13.2 Å². The van der Waals surface area contributed by atoms with Gasteiger partial charge in [0.15, 0.2) is 0 Å². The predicted molar refractivity (Wildman–Crippen MR) is 99.7 cm³/mol. The summed E-state index contributed by atoms with van der Waals surface area (Å²) in [4.78, 5) is 8.04. The molecule has 0 amide bonds. The van der Waals surface area contributed by atoms with Crippen molar-refractivity contribution in [2.24, 2.45) is 0 Å². The van der Waals surface area contributed by atoms with Crippen molar-refractivity contribution in [3.05, 3.63) is 95.0 Å². The molecule has 3 aromatic rings. The molecule has 0 aliphatic heterocycles. The molecule has 0 saturated heterocycles. The van der Waals surface area contributed by atoms with Crippen LogP contribution in [-0.4, -0.2) is 27.8 Å². The van der Waals surface area contributed by atoms with E-state index >= 15 is 0 Å². The number of alkyl halides is 3. The van der Waals surface area contributed by atoms with Crippen LogP contribution in [0.3, 0.4) is 0 Å². The number of nitrogens with zero attached hydrogens (tertiary/aromatic N) is 2. The lowest BCUT2D eigenvalue weighted by Gasteiger charge is -2.38. The Labute approximate surface area is 165 Å². The zero-order valence-electron chi connectivity index (χ0n) is 14.6. The van der Waals surface area contributed by atoms with Gasteiger partial charge >= 0.3 is 6.18 Å². The van der Waals surface area contributed by atoms with E-state index in [0.29, 0.717) is 21.7 Å². The number of aromatic nitrogens is 2. The summed E-state index contributed by atoms with van der Waals surface area (Å²) in [6.07, 6.45) is 1.40. The Kier molecular flexibility index (Phi) is 5.98. The normalized spacial score (nSPS) is 13.3. The topological polar surface area (TPSA) is 58.0 Å².